The topological polar surface area (TPSA) is 86.1 Å². The number of hydrogen-bond donors (Lipinski definition) is 1. The maximum Gasteiger partial charge on any atom is 0.338 e. The average Bonchev–Trinajstić information content (AvgIpc) is 3.42. The van der Waals surface area contributed by atoms with Crippen LogP contribution in [0.1, 0.15) is 53.9 Å². The molecule has 2 heterocycles. The highest BCUT2D eigenvalue weighted by atomic mass is 32.2. The highest BCUT2D eigenvalue weighted by Gasteiger charge is 2.22. The molecule has 0 aliphatic heterocycles. The lowest BCUT2D eigenvalue weighted by Gasteiger charge is -2.13. The van der Waals surface area contributed by atoms with Gasteiger partial charge in [-0.2, -0.15) is 0 Å². The van der Waals surface area contributed by atoms with Crippen LogP contribution in [-0.4, -0.2) is 39.0 Å². The molecule has 0 saturated carbocycles. The van der Waals surface area contributed by atoms with E-state index in [0.29, 0.717) is 17.9 Å². The Morgan fingerprint density at radius 3 is 2.70 bits per heavy atom. The summed E-state index contributed by atoms with van der Waals surface area (Å²) < 4.78 is 7.12. The highest BCUT2D eigenvalue weighted by molar-refractivity contribution is 7.99. The standard InChI is InChI=1S/C24H28N4O3S2/c1-3-13-28-22(19-14-32-20-8-6-5-7-18(19)20)26-27-24(28)33-15-21(29)25-17-11-9-16(10-12-17)23(30)31-4-2/h9-12,14H,3-8,13,15H2,1-2H3,(H,25,29). The molecule has 33 heavy (non-hydrogen) atoms. The van der Waals surface area contributed by atoms with Crippen LogP contribution < -0.4 is 5.32 Å². The molecular weight excluding hydrogens is 456 g/mol. The summed E-state index contributed by atoms with van der Waals surface area (Å²) in [7, 11) is 0. The summed E-state index contributed by atoms with van der Waals surface area (Å²) in [6.07, 6.45) is 5.71. The van der Waals surface area contributed by atoms with E-state index in [1.54, 1.807) is 31.2 Å². The number of fused-ring (bicyclic) bond motifs is 1. The molecule has 9 heteroatoms. The molecule has 0 radical (unpaired) electrons. The van der Waals surface area contributed by atoms with E-state index in [2.05, 4.69) is 32.4 Å². The molecule has 7 nitrogen and oxygen atoms in total. The van der Waals surface area contributed by atoms with Crippen molar-refractivity contribution in [3.05, 3.63) is 45.6 Å². The van der Waals surface area contributed by atoms with Crippen molar-refractivity contribution in [3.63, 3.8) is 0 Å². The Morgan fingerprint density at radius 1 is 1.15 bits per heavy atom. The molecule has 1 aliphatic carbocycles. The van der Waals surface area contributed by atoms with Crippen molar-refractivity contribution in [2.24, 2.45) is 0 Å². The average molecular weight is 485 g/mol. The smallest absolute Gasteiger partial charge is 0.338 e. The number of amides is 1. The number of ether oxygens (including phenoxy) is 1. The monoisotopic (exact) mass is 484 g/mol. The molecule has 0 fully saturated rings. The van der Waals surface area contributed by atoms with E-state index in [4.69, 9.17) is 4.74 Å². The van der Waals surface area contributed by atoms with Crippen LogP contribution in [0.3, 0.4) is 0 Å². The predicted octanol–water partition coefficient (Wildman–Crippen LogP) is 5.20. The van der Waals surface area contributed by atoms with Crippen LogP contribution >= 0.6 is 23.1 Å². The SMILES string of the molecule is CCCn1c(SCC(=O)Nc2ccc(C(=O)OCC)cc2)nnc1-c1csc2c1CCCC2. The number of thioether (sulfide) groups is 1. The van der Waals surface area contributed by atoms with Gasteiger partial charge in [0.25, 0.3) is 0 Å². The quantitative estimate of drug-likeness (QED) is 0.332. The summed E-state index contributed by atoms with van der Waals surface area (Å²) in [4.78, 5) is 25.8. The van der Waals surface area contributed by atoms with Crippen molar-refractivity contribution in [2.45, 2.75) is 57.7 Å². The number of rotatable bonds is 9. The largest absolute Gasteiger partial charge is 0.462 e. The van der Waals surface area contributed by atoms with E-state index in [1.807, 2.05) is 11.3 Å². The third kappa shape index (κ3) is 5.47. The molecule has 0 saturated heterocycles. The van der Waals surface area contributed by atoms with Crippen LogP contribution in [0.2, 0.25) is 0 Å². The minimum absolute atomic E-state index is 0.135. The number of carbonyl (C=O) groups excluding carboxylic acids is 2. The lowest BCUT2D eigenvalue weighted by molar-refractivity contribution is -0.113. The second-order valence-corrected chi connectivity index (χ2v) is 9.76. The van der Waals surface area contributed by atoms with Gasteiger partial charge in [0.15, 0.2) is 11.0 Å². The lowest BCUT2D eigenvalue weighted by Crippen LogP contribution is -2.15. The van der Waals surface area contributed by atoms with Crippen LogP contribution in [-0.2, 0) is 28.9 Å². The van der Waals surface area contributed by atoms with Gasteiger partial charge in [-0.1, -0.05) is 18.7 Å². The molecule has 0 spiro atoms. The van der Waals surface area contributed by atoms with Crippen molar-refractivity contribution in [1.82, 2.24) is 14.8 Å². The Balaban J connectivity index is 1.41. The van der Waals surface area contributed by atoms with Crippen molar-refractivity contribution in [2.75, 3.05) is 17.7 Å². The molecule has 0 bridgehead atoms. The van der Waals surface area contributed by atoms with Crippen molar-refractivity contribution in [3.8, 4) is 11.4 Å². The first-order valence-electron chi connectivity index (χ1n) is 11.3. The Labute approximate surface area is 201 Å². The maximum atomic E-state index is 12.5. The number of hydrogen-bond acceptors (Lipinski definition) is 7. The number of esters is 1. The fourth-order valence-corrected chi connectivity index (χ4v) is 5.82. The number of benzene rings is 1. The molecule has 2 aromatic heterocycles. The predicted molar refractivity (Wildman–Crippen MR) is 132 cm³/mol. The van der Waals surface area contributed by atoms with Gasteiger partial charge in [-0.15, -0.1) is 21.5 Å². The fraction of sp³-hybridized carbons (Fsp3) is 0.417. The van der Waals surface area contributed by atoms with Gasteiger partial charge in [0, 0.05) is 28.1 Å². The summed E-state index contributed by atoms with van der Waals surface area (Å²) in [6.45, 7) is 5.04. The zero-order valence-corrected chi connectivity index (χ0v) is 20.6. The van der Waals surface area contributed by atoms with Gasteiger partial charge in [-0.3, -0.25) is 4.79 Å². The Kier molecular flexibility index (Phi) is 7.82. The van der Waals surface area contributed by atoms with Crippen LogP contribution in [0.4, 0.5) is 5.69 Å². The zero-order chi connectivity index (χ0) is 23.2. The van der Waals surface area contributed by atoms with Gasteiger partial charge >= 0.3 is 5.97 Å². The number of thiophene rings is 1. The molecule has 3 aromatic rings. The van der Waals surface area contributed by atoms with Crippen LogP contribution in [0.5, 0.6) is 0 Å². The second-order valence-electron chi connectivity index (χ2n) is 7.85. The van der Waals surface area contributed by atoms with Crippen LogP contribution in [0.25, 0.3) is 11.4 Å². The van der Waals surface area contributed by atoms with Crippen molar-refractivity contribution in [1.29, 1.82) is 0 Å². The van der Waals surface area contributed by atoms with Crippen LogP contribution in [0, 0.1) is 0 Å². The van der Waals surface area contributed by atoms with Gasteiger partial charge in [0.1, 0.15) is 0 Å². The second kappa shape index (κ2) is 11.0. The number of carbonyl (C=O) groups is 2. The Bertz CT molecular complexity index is 1120. The maximum absolute atomic E-state index is 12.5. The van der Waals surface area contributed by atoms with E-state index in [0.717, 1.165) is 36.8 Å². The van der Waals surface area contributed by atoms with Crippen LogP contribution in [0.15, 0.2) is 34.8 Å². The summed E-state index contributed by atoms with van der Waals surface area (Å²) in [5, 5.41) is 14.8. The minimum atomic E-state index is -0.371. The molecule has 174 valence electrons. The normalized spacial score (nSPS) is 12.9. The summed E-state index contributed by atoms with van der Waals surface area (Å²) in [5.74, 6) is 0.630. The van der Waals surface area contributed by atoms with E-state index in [1.165, 1.54) is 40.6 Å². The van der Waals surface area contributed by atoms with Crippen molar-refractivity contribution < 1.29 is 14.3 Å². The molecule has 0 unspecified atom stereocenters. The number of aryl methyl sites for hydroxylation is 1. The third-order valence-electron chi connectivity index (χ3n) is 5.48. The molecule has 4 rings (SSSR count). The molecular formula is C24H28N4O3S2. The number of aromatic nitrogens is 3. The first-order valence-corrected chi connectivity index (χ1v) is 13.2. The summed E-state index contributed by atoms with van der Waals surface area (Å²) in [6, 6.07) is 6.69. The minimum Gasteiger partial charge on any atom is -0.462 e. The van der Waals surface area contributed by atoms with E-state index >= 15 is 0 Å². The van der Waals surface area contributed by atoms with Gasteiger partial charge < -0.3 is 14.6 Å². The van der Waals surface area contributed by atoms with E-state index < -0.39 is 0 Å². The number of nitrogens with one attached hydrogen (secondary N) is 1. The first-order chi connectivity index (χ1) is 16.1. The van der Waals surface area contributed by atoms with Gasteiger partial charge in [0.05, 0.1) is 17.9 Å². The first kappa shape index (κ1) is 23.5. The molecule has 1 N–H and O–H groups in total. The molecule has 1 amide bonds. The highest BCUT2D eigenvalue weighted by Crippen LogP contribution is 2.37. The van der Waals surface area contributed by atoms with E-state index in [9.17, 15) is 9.59 Å². The molecule has 1 aliphatic rings. The van der Waals surface area contributed by atoms with E-state index in [-0.39, 0.29) is 17.6 Å². The third-order valence-corrected chi connectivity index (χ3v) is 7.53. The van der Waals surface area contributed by atoms with Gasteiger partial charge in [-0.05, 0) is 68.9 Å². The fourth-order valence-electron chi connectivity index (χ4n) is 3.93. The van der Waals surface area contributed by atoms with Gasteiger partial charge in [-0.25, -0.2) is 4.79 Å². The lowest BCUT2D eigenvalue weighted by atomic mass is 9.95. The number of anilines is 1. The van der Waals surface area contributed by atoms with Gasteiger partial charge in [0.2, 0.25) is 5.91 Å². The van der Waals surface area contributed by atoms with Crippen molar-refractivity contribution >= 4 is 40.7 Å². The molecule has 0 atom stereocenters. The Hall–Kier alpha value is -2.65. The summed E-state index contributed by atoms with van der Waals surface area (Å²) >= 11 is 3.22. The Morgan fingerprint density at radius 2 is 1.94 bits per heavy atom. The summed E-state index contributed by atoms with van der Waals surface area (Å²) in [5.41, 5.74) is 3.72. The molecule has 1 aromatic carbocycles. The number of nitrogens with zero attached hydrogens (tertiary/aromatic N) is 3. The zero-order valence-electron chi connectivity index (χ0n) is 18.9.